The Kier molecular flexibility index (Phi) is 3.61. The summed E-state index contributed by atoms with van der Waals surface area (Å²) < 4.78 is 9.32. The lowest BCUT2D eigenvalue weighted by atomic mass is 10.3. The molecule has 0 aliphatic heterocycles. The summed E-state index contributed by atoms with van der Waals surface area (Å²) in [7, 11) is 1.93. The molecule has 122 valence electrons. The molecule has 0 aliphatic rings. The van der Waals surface area contributed by atoms with Gasteiger partial charge in [-0.15, -0.1) is 10.2 Å². The van der Waals surface area contributed by atoms with Gasteiger partial charge in [0.25, 0.3) is 0 Å². The molecule has 0 atom stereocenters. The number of aryl methyl sites for hydroxylation is 2. The molecule has 24 heavy (non-hydrogen) atoms. The van der Waals surface area contributed by atoms with Gasteiger partial charge in [-0.05, 0) is 32.0 Å². The lowest BCUT2D eigenvalue weighted by molar-refractivity contribution is 0.572. The van der Waals surface area contributed by atoms with Crippen LogP contribution in [0.15, 0.2) is 40.2 Å². The summed E-state index contributed by atoms with van der Waals surface area (Å²) in [5, 5.41) is 9.26. The van der Waals surface area contributed by atoms with Crippen LogP contribution in [-0.4, -0.2) is 29.1 Å². The normalized spacial score (nSPS) is 11.5. The molecule has 0 saturated carbocycles. The highest BCUT2D eigenvalue weighted by Gasteiger charge is 2.14. The summed E-state index contributed by atoms with van der Waals surface area (Å²) >= 11 is 1.59. The zero-order valence-electron chi connectivity index (χ0n) is 13.6. The van der Waals surface area contributed by atoms with Crippen molar-refractivity contribution in [2.45, 2.75) is 24.8 Å². The molecule has 0 saturated heterocycles. The Morgan fingerprint density at radius 3 is 2.88 bits per heavy atom. The van der Waals surface area contributed by atoms with Gasteiger partial charge in [0.2, 0.25) is 5.78 Å². The van der Waals surface area contributed by atoms with Gasteiger partial charge in [-0.1, -0.05) is 11.8 Å². The van der Waals surface area contributed by atoms with E-state index in [0.29, 0.717) is 17.3 Å². The van der Waals surface area contributed by atoms with Crippen molar-refractivity contribution in [3.63, 3.8) is 0 Å². The van der Waals surface area contributed by atoms with Crippen LogP contribution < -0.4 is 0 Å². The van der Waals surface area contributed by atoms with E-state index >= 15 is 0 Å². The fourth-order valence-corrected chi connectivity index (χ4v) is 3.38. The van der Waals surface area contributed by atoms with E-state index in [0.717, 1.165) is 28.0 Å². The number of nitrogens with zero attached hydrogens (tertiary/aromatic N) is 6. The minimum atomic E-state index is 0.700. The fourth-order valence-electron chi connectivity index (χ4n) is 2.59. The second kappa shape index (κ2) is 5.79. The van der Waals surface area contributed by atoms with Crippen LogP contribution in [0.1, 0.15) is 17.1 Å². The van der Waals surface area contributed by atoms with Gasteiger partial charge in [0, 0.05) is 30.4 Å². The summed E-state index contributed by atoms with van der Waals surface area (Å²) in [5.41, 5.74) is 3.06. The molecule has 0 amide bonds. The van der Waals surface area contributed by atoms with E-state index in [4.69, 9.17) is 4.42 Å². The van der Waals surface area contributed by atoms with E-state index in [-0.39, 0.29) is 0 Å². The van der Waals surface area contributed by atoms with Gasteiger partial charge >= 0.3 is 0 Å². The van der Waals surface area contributed by atoms with Crippen LogP contribution >= 0.6 is 11.8 Å². The largest absolute Gasteiger partial charge is 0.461 e. The molecule has 0 spiro atoms. The first-order chi connectivity index (χ1) is 11.6. The quantitative estimate of drug-likeness (QED) is 0.532. The number of fused-ring (bicyclic) bond motifs is 1. The van der Waals surface area contributed by atoms with Crippen LogP contribution in [0.5, 0.6) is 0 Å². The Hall–Kier alpha value is -2.61. The first-order valence-electron chi connectivity index (χ1n) is 7.50. The van der Waals surface area contributed by atoms with E-state index in [1.165, 1.54) is 0 Å². The first kappa shape index (κ1) is 14.9. The summed E-state index contributed by atoms with van der Waals surface area (Å²) in [6, 6.07) is 5.76. The SMILES string of the molecule is Cc1cc(C)n2cc(CSc3nnc(-c4ccco4)n3C)nc2n1. The van der Waals surface area contributed by atoms with Crippen molar-refractivity contribution in [3.05, 3.63) is 47.7 Å². The van der Waals surface area contributed by atoms with Gasteiger partial charge in [0.15, 0.2) is 16.7 Å². The molecular weight excluding hydrogens is 324 g/mol. The Bertz CT molecular complexity index is 1000. The van der Waals surface area contributed by atoms with Gasteiger partial charge in [0.1, 0.15) is 0 Å². The zero-order chi connectivity index (χ0) is 16.7. The molecule has 0 aliphatic carbocycles. The Morgan fingerprint density at radius 2 is 2.08 bits per heavy atom. The number of rotatable bonds is 4. The minimum absolute atomic E-state index is 0.700. The van der Waals surface area contributed by atoms with Crippen molar-refractivity contribution < 1.29 is 4.42 Å². The van der Waals surface area contributed by atoms with E-state index in [9.17, 15) is 0 Å². The minimum Gasteiger partial charge on any atom is -0.461 e. The lowest BCUT2D eigenvalue weighted by Crippen LogP contribution is -1.94. The molecule has 4 aromatic rings. The summed E-state index contributed by atoms with van der Waals surface area (Å²) in [6.45, 7) is 4.03. The average molecular weight is 340 g/mol. The molecule has 0 N–H and O–H groups in total. The summed E-state index contributed by atoms with van der Waals surface area (Å²) in [6.07, 6.45) is 3.65. The Morgan fingerprint density at radius 1 is 1.21 bits per heavy atom. The van der Waals surface area contributed by atoms with Crippen LogP contribution in [0.2, 0.25) is 0 Å². The van der Waals surface area contributed by atoms with Gasteiger partial charge in [-0.25, -0.2) is 9.97 Å². The number of hydrogen-bond acceptors (Lipinski definition) is 6. The molecule has 4 heterocycles. The molecular formula is C16H16N6OS. The van der Waals surface area contributed by atoms with Crippen molar-refractivity contribution >= 4 is 17.5 Å². The van der Waals surface area contributed by atoms with E-state index in [2.05, 4.69) is 27.1 Å². The monoisotopic (exact) mass is 340 g/mol. The number of thioether (sulfide) groups is 1. The molecule has 8 heteroatoms. The third-order valence-electron chi connectivity index (χ3n) is 3.74. The lowest BCUT2D eigenvalue weighted by Gasteiger charge is -2.00. The number of hydrogen-bond donors (Lipinski definition) is 0. The first-order valence-corrected chi connectivity index (χ1v) is 8.48. The number of aromatic nitrogens is 6. The molecule has 0 fully saturated rings. The molecule has 0 radical (unpaired) electrons. The maximum absolute atomic E-state index is 5.38. The maximum Gasteiger partial charge on any atom is 0.234 e. The second-order valence-electron chi connectivity index (χ2n) is 5.57. The van der Waals surface area contributed by atoms with Crippen molar-refractivity contribution in [2.24, 2.45) is 7.05 Å². The smallest absolute Gasteiger partial charge is 0.234 e. The van der Waals surface area contributed by atoms with Crippen LogP contribution in [0.4, 0.5) is 0 Å². The van der Waals surface area contributed by atoms with Crippen LogP contribution in [0.25, 0.3) is 17.4 Å². The van der Waals surface area contributed by atoms with Gasteiger partial charge in [-0.2, -0.15) is 0 Å². The third kappa shape index (κ3) is 2.58. The molecule has 0 unspecified atom stereocenters. The summed E-state index contributed by atoms with van der Waals surface area (Å²) in [4.78, 5) is 9.06. The standard InChI is InChI=1S/C16H16N6OS/c1-10-7-11(2)22-8-12(18-15(22)17-10)9-24-16-20-19-14(21(16)3)13-5-4-6-23-13/h4-8H,9H2,1-3H3. The average Bonchev–Trinajstić information content (AvgIpc) is 3.24. The number of furan rings is 1. The van der Waals surface area contributed by atoms with E-state index in [1.807, 2.05) is 47.3 Å². The van der Waals surface area contributed by atoms with Crippen LogP contribution in [0.3, 0.4) is 0 Å². The number of imidazole rings is 1. The zero-order valence-corrected chi connectivity index (χ0v) is 14.4. The van der Waals surface area contributed by atoms with Crippen LogP contribution in [0, 0.1) is 13.8 Å². The van der Waals surface area contributed by atoms with Crippen molar-refractivity contribution in [1.82, 2.24) is 29.1 Å². The Balaban J connectivity index is 1.56. The third-order valence-corrected chi connectivity index (χ3v) is 4.79. The molecule has 7 nitrogen and oxygen atoms in total. The fraction of sp³-hybridized carbons (Fsp3) is 0.250. The molecule has 4 aromatic heterocycles. The van der Waals surface area contributed by atoms with Gasteiger partial charge in [0.05, 0.1) is 12.0 Å². The second-order valence-corrected chi connectivity index (χ2v) is 6.51. The van der Waals surface area contributed by atoms with Crippen molar-refractivity contribution in [1.29, 1.82) is 0 Å². The topological polar surface area (TPSA) is 74.0 Å². The molecule has 0 aromatic carbocycles. The van der Waals surface area contributed by atoms with E-state index < -0.39 is 0 Å². The predicted octanol–water partition coefficient (Wildman–Crippen LogP) is 3.03. The van der Waals surface area contributed by atoms with E-state index in [1.54, 1.807) is 18.0 Å². The Labute approximate surface area is 142 Å². The summed E-state index contributed by atoms with van der Waals surface area (Å²) in [5.74, 6) is 2.86. The highest BCUT2D eigenvalue weighted by molar-refractivity contribution is 7.98. The van der Waals surface area contributed by atoms with Gasteiger partial charge in [-0.3, -0.25) is 4.40 Å². The maximum atomic E-state index is 5.38. The predicted molar refractivity (Wildman–Crippen MR) is 90.7 cm³/mol. The molecule has 4 rings (SSSR count). The van der Waals surface area contributed by atoms with Crippen molar-refractivity contribution in [2.75, 3.05) is 0 Å². The molecule has 0 bridgehead atoms. The van der Waals surface area contributed by atoms with Crippen LogP contribution in [-0.2, 0) is 12.8 Å². The van der Waals surface area contributed by atoms with Gasteiger partial charge < -0.3 is 8.98 Å². The van der Waals surface area contributed by atoms with Crippen molar-refractivity contribution in [3.8, 4) is 11.6 Å². The highest BCUT2D eigenvalue weighted by Crippen LogP contribution is 2.25. The highest BCUT2D eigenvalue weighted by atomic mass is 32.2.